The second kappa shape index (κ2) is 13.2. The van der Waals surface area contributed by atoms with E-state index in [9.17, 15) is 4.79 Å². The largest absolute Gasteiger partial charge is 0.462 e. The van der Waals surface area contributed by atoms with Gasteiger partial charge in [0.2, 0.25) is 0 Å². The minimum atomic E-state index is 0.0283. The van der Waals surface area contributed by atoms with Crippen molar-refractivity contribution in [3.05, 3.63) is 0 Å². The fraction of sp³-hybridized carbons (Fsp3) is 0.947. The van der Waals surface area contributed by atoms with Gasteiger partial charge in [-0.1, -0.05) is 84.0 Å². The molecule has 0 bridgehead atoms. The summed E-state index contributed by atoms with van der Waals surface area (Å²) in [6.45, 7) is 2.27. The van der Waals surface area contributed by atoms with Crippen LogP contribution in [0.4, 0.5) is 0 Å². The highest BCUT2D eigenvalue weighted by atomic mass is 16.5. The maximum Gasteiger partial charge on any atom is 0.306 e. The zero-order valence-corrected chi connectivity index (χ0v) is 14.2. The highest BCUT2D eigenvalue weighted by Crippen LogP contribution is 2.24. The van der Waals surface area contributed by atoms with Crippen molar-refractivity contribution in [3.63, 3.8) is 0 Å². The van der Waals surface area contributed by atoms with Crippen LogP contribution in [-0.4, -0.2) is 12.1 Å². The molecule has 1 saturated carbocycles. The van der Waals surface area contributed by atoms with Crippen LogP contribution in [0, 0.1) is 0 Å². The molecule has 0 N–H and O–H groups in total. The molecule has 1 aliphatic rings. The fourth-order valence-corrected chi connectivity index (χ4v) is 2.72. The van der Waals surface area contributed by atoms with Gasteiger partial charge >= 0.3 is 5.97 Å². The van der Waals surface area contributed by atoms with Crippen LogP contribution in [-0.2, 0) is 9.53 Å². The van der Waals surface area contributed by atoms with Crippen LogP contribution in [0.3, 0.4) is 0 Å². The van der Waals surface area contributed by atoms with E-state index in [0.29, 0.717) is 6.42 Å². The Hall–Kier alpha value is -0.530. The van der Waals surface area contributed by atoms with Crippen LogP contribution in [0.2, 0.25) is 0 Å². The summed E-state index contributed by atoms with van der Waals surface area (Å²) in [5.74, 6) is 0.0283. The summed E-state index contributed by atoms with van der Waals surface area (Å²) >= 11 is 0. The van der Waals surface area contributed by atoms with Gasteiger partial charge in [-0.25, -0.2) is 0 Å². The lowest BCUT2D eigenvalue weighted by atomic mass is 10.0. The number of carbonyl (C=O) groups excluding carboxylic acids is 1. The van der Waals surface area contributed by atoms with Gasteiger partial charge in [0, 0.05) is 6.42 Å². The van der Waals surface area contributed by atoms with Crippen molar-refractivity contribution < 1.29 is 9.53 Å². The molecule has 0 aliphatic heterocycles. The van der Waals surface area contributed by atoms with Crippen molar-refractivity contribution in [1.29, 1.82) is 0 Å². The molecule has 0 radical (unpaired) electrons. The van der Waals surface area contributed by atoms with E-state index in [0.717, 1.165) is 19.3 Å². The molecule has 0 spiro atoms. The Kier molecular flexibility index (Phi) is 11.6. The maximum atomic E-state index is 11.4. The Morgan fingerprint density at radius 1 is 0.762 bits per heavy atom. The Balaban J connectivity index is 1.67. The SMILES string of the molecule is CCCCCCCCCCCCCCCC(=O)OC1CC1. The second-order valence-electron chi connectivity index (χ2n) is 6.68. The van der Waals surface area contributed by atoms with E-state index in [1.54, 1.807) is 0 Å². The summed E-state index contributed by atoms with van der Waals surface area (Å²) in [6, 6.07) is 0. The van der Waals surface area contributed by atoms with Gasteiger partial charge in [-0.15, -0.1) is 0 Å². The third kappa shape index (κ3) is 12.9. The number of unbranched alkanes of at least 4 members (excludes halogenated alkanes) is 12. The van der Waals surface area contributed by atoms with E-state index in [4.69, 9.17) is 4.74 Å². The predicted molar refractivity (Wildman–Crippen MR) is 89.4 cm³/mol. The summed E-state index contributed by atoms with van der Waals surface area (Å²) < 4.78 is 5.23. The molecule has 0 saturated heterocycles. The molecular formula is C19H36O2. The molecule has 1 fully saturated rings. The quantitative estimate of drug-likeness (QED) is 0.267. The second-order valence-corrected chi connectivity index (χ2v) is 6.68. The molecule has 21 heavy (non-hydrogen) atoms. The zero-order chi connectivity index (χ0) is 15.2. The van der Waals surface area contributed by atoms with Crippen molar-refractivity contribution in [3.8, 4) is 0 Å². The van der Waals surface area contributed by atoms with E-state index >= 15 is 0 Å². The minimum absolute atomic E-state index is 0.0283. The first-order valence-corrected chi connectivity index (χ1v) is 9.52. The van der Waals surface area contributed by atoms with Gasteiger partial charge in [0.1, 0.15) is 6.10 Å². The number of hydrogen-bond donors (Lipinski definition) is 0. The molecule has 0 aromatic heterocycles. The average Bonchev–Trinajstić information content (AvgIpc) is 3.28. The summed E-state index contributed by atoms with van der Waals surface area (Å²) in [5, 5.41) is 0. The molecule has 2 nitrogen and oxygen atoms in total. The average molecular weight is 296 g/mol. The van der Waals surface area contributed by atoms with Crippen molar-refractivity contribution in [2.24, 2.45) is 0 Å². The molecule has 0 aromatic rings. The number of esters is 1. The minimum Gasteiger partial charge on any atom is -0.462 e. The lowest BCUT2D eigenvalue weighted by Gasteiger charge is -2.04. The van der Waals surface area contributed by atoms with E-state index in [1.165, 1.54) is 77.0 Å². The highest BCUT2D eigenvalue weighted by Gasteiger charge is 2.25. The van der Waals surface area contributed by atoms with Crippen LogP contribution in [0.25, 0.3) is 0 Å². The van der Waals surface area contributed by atoms with Gasteiger partial charge in [0.25, 0.3) is 0 Å². The standard InChI is InChI=1S/C19H36O2/c1-2-3-4-5-6-7-8-9-10-11-12-13-14-15-19(20)21-18-16-17-18/h18H,2-17H2,1H3. The number of carbonyl (C=O) groups is 1. The van der Waals surface area contributed by atoms with E-state index in [2.05, 4.69) is 6.92 Å². The van der Waals surface area contributed by atoms with Gasteiger partial charge in [0.15, 0.2) is 0 Å². The van der Waals surface area contributed by atoms with E-state index < -0.39 is 0 Å². The molecule has 124 valence electrons. The molecule has 0 aromatic carbocycles. The third-order valence-corrected chi connectivity index (χ3v) is 4.31. The van der Waals surface area contributed by atoms with Gasteiger partial charge in [-0.05, 0) is 19.3 Å². The molecule has 1 aliphatic carbocycles. The Morgan fingerprint density at radius 3 is 1.62 bits per heavy atom. The first-order valence-electron chi connectivity index (χ1n) is 9.52. The van der Waals surface area contributed by atoms with Crippen LogP contribution in [0.15, 0.2) is 0 Å². The van der Waals surface area contributed by atoms with Crippen LogP contribution in [0.5, 0.6) is 0 Å². The molecule has 1 rings (SSSR count). The number of rotatable bonds is 15. The Bertz CT molecular complexity index is 246. The molecule has 0 unspecified atom stereocenters. The smallest absolute Gasteiger partial charge is 0.306 e. The van der Waals surface area contributed by atoms with Crippen molar-refractivity contribution in [2.45, 2.75) is 116 Å². The zero-order valence-electron chi connectivity index (χ0n) is 14.2. The first-order chi connectivity index (χ1) is 10.3. The number of hydrogen-bond acceptors (Lipinski definition) is 2. The molecule has 0 atom stereocenters. The highest BCUT2D eigenvalue weighted by molar-refractivity contribution is 5.69. The number of ether oxygens (including phenoxy) is 1. The molecule has 2 heteroatoms. The van der Waals surface area contributed by atoms with Crippen LogP contribution < -0.4 is 0 Å². The van der Waals surface area contributed by atoms with Crippen LogP contribution in [0.1, 0.15) is 110 Å². The lowest BCUT2D eigenvalue weighted by molar-refractivity contribution is -0.145. The monoisotopic (exact) mass is 296 g/mol. The molecule has 0 amide bonds. The maximum absolute atomic E-state index is 11.4. The normalized spacial score (nSPS) is 14.3. The van der Waals surface area contributed by atoms with Gasteiger partial charge in [-0.3, -0.25) is 4.79 Å². The van der Waals surface area contributed by atoms with E-state index in [-0.39, 0.29) is 12.1 Å². The van der Waals surface area contributed by atoms with Gasteiger partial charge < -0.3 is 4.74 Å². The van der Waals surface area contributed by atoms with Gasteiger partial charge in [-0.2, -0.15) is 0 Å². The first kappa shape index (κ1) is 18.5. The molecular weight excluding hydrogens is 260 g/mol. The van der Waals surface area contributed by atoms with E-state index in [1.807, 2.05) is 0 Å². The topological polar surface area (TPSA) is 26.3 Å². The third-order valence-electron chi connectivity index (χ3n) is 4.31. The predicted octanol–water partition coefficient (Wildman–Crippen LogP) is 6.17. The van der Waals surface area contributed by atoms with Crippen molar-refractivity contribution in [2.75, 3.05) is 0 Å². The summed E-state index contributed by atoms with van der Waals surface area (Å²) in [5.41, 5.74) is 0. The summed E-state index contributed by atoms with van der Waals surface area (Å²) in [7, 11) is 0. The lowest BCUT2D eigenvalue weighted by Crippen LogP contribution is -2.05. The Labute approximate surface area is 132 Å². The van der Waals surface area contributed by atoms with Crippen molar-refractivity contribution in [1.82, 2.24) is 0 Å². The van der Waals surface area contributed by atoms with Gasteiger partial charge in [0.05, 0.1) is 0 Å². The summed E-state index contributed by atoms with van der Waals surface area (Å²) in [6.07, 6.45) is 20.6. The Morgan fingerprint density at radius 2 is 1.19 bits per heavy atom. The molecule has 0 heterocycles. The summed E-state index contributed by atoms with van der Waals surface area (Å²) in [4.78, 5) is 11.4. The van der Waals surface area contributed by atoms with Crippen LogP contribution >= 0.6 is 0 Å². The van der Waals surface area contributed by atoms with Crippen molar-refractivity contribution >= 4 is 5.97 Å². The fourth-order valence-electron chi connectivity index (χ4n) is 2.72.